The molecule has 0 saturated carbocycles. The highest BCUT2D eigenvalue weighted by Crippen LogP contribution is 2.20. The maximum Gasteiger partial charge on any atom is 0.0314 e. The van der Waals surface area contributed by atoms with Crippen LogP contribution >= 0.6 is 0 Å². The summed E-state index contributed by atoms with van der Waals surface area (Å²) in [7, 11) is 0. The van der Waals surface area contributed by atoms with E-state index < -0.39 is 11.1 Å². The highest BCUT2D eigenvalue weighted by atomic mass is 32.2. The Hall–Kier alpha value is 0.0700. The van der Waals surface area contributed by atoms with Gasteiger partial charge in [0.25, 0.3) is 0 Å². The zero-order chi connectivity index (χ0) is 10.6. The first-order chi connectivity index (χ1) is 6.63. The molecule has 1 fully saturated rings. The maximum atomic E-state index is 10.7. The second-order valence-corrected chi connectivity index (χ2v) is 5.55. The van der Waals surface area contributed by atoms with Crippen LogP contribution in [-0.4, -0.2) is 38.5 Å². The summed E-state index contributed by atoms with van der Waals surface area (Å²) in [6, 6.07) is 0. The van der Waals surface area contributed by atoms with Crippen molar-refractivity contribution < 1.29 is 8.76 Å². The molecule has 1 aliphatic heterocycles. The molecule has 0 aromatic rings. The van der Waals surface area contributed by atoms with Crippen LogP contribution in [0, 0.1) is 5.92 Å². The molecule has 0 amide bonds. The van der Waals surface area contributed by atoms with Gasteiger partial charge in [0.15, 0.2) is 0 Å². The molecule has 0 aliphatic carbocycles. The first-order valence-electron chi connectivity index (χ1n) is 5.44. The fourth-order valence-electron chi connectivity index (χ4n) is 2.00. The maximum absolute atomic E-state index is 10.7. The lowest BCUT2D eigenvalue weighted by atomic mass is 9.94. The van der Waals surface area contributed by atoms with Crippen molar-refractivity contribution in [2.24, 2.45) is 5.92 Å². The Morgan fingerprint density at radius 2 is 2.07 bits per heavy atom. The second kappa shape index (κ2) is 5.83. The van der Waals surface area contributed by atoms with Crippen LogP contribution in [0.2, 0.25) is 0 Å². The van der Waals surface area contributed by atoms with Crippen LogP contribution in [0.5, 0.6) is 0 Å². The normalized spacial score (nSPS) is 24.8. The second-order valence-electron chi connectivity index (χ2n) is 4.22. The van der Waals surface area contributed by atoms with E-state index in [-0.39, 0.29) is 5.25 Å². The fourth-order valence-corrected chi connectivity index (χ4v) is 2.33. The monoisotopic (exact) mass is 218 g/mol. The first-order valence-corrected chi connectivity index (χ1v) is 6.57. The van der Waals surface area contributed by atoms with Gasteiger partial charge in [-0.15, -0.1) is 0 Å². The van der Waals surface area contributed by atoms with Crippen molar-refractivity contribution in [2.45, 2.75) is 38.4 Å². The van der Waals surface area contributed by atoms with Gasteiger partial charge in [-0.25, -0.2) is 0 Å². The molecule has 1 rings (SSSR count). The van der Waals surface area contributed by atoms with Gasteiger partial charge in [-0.1, -0.05) is 31.3 Å². The molecule has 2 unspecified atom stereocenters. The molecule has 84 valence electrons. The van der Waals surface area contributed by atoms with E-state index in [2.05, 4.69) is 11.8 Å². The van der Waals surface area contributed by atoms with Crippen molar-refractivity contribution in [3.63, 3.8) is 0 Å². The van der Waals surface area contributed by atoms with Crippen LogP contribution in [0.4, 0.5) is 0 Å². The Morgan fingerprint density at radius 3 is 2.50 bits per heavy atom. The zero-order valence-corrected chi connectivity index (χ0v) is 9.89. The lowest BCUT2D eigenvalue weighted by Gasteiger charge is -2.33. The smallest absolute Gasteiger partial charge is 0.0314 e. The summed E-state index contributed by atoms with van der Waals surface area (Å²) in [6.45, 7) is 6.84. The Bertz CT molecular complexity index is 191. The van der Waals surface area contributed by atoms with Gasteiger partial charge in [-0.3, -0.25) is 4.21 Å². The predicted octanol–water partition coefficient (Wildman–Crippen LogP) is 1.38. The van der Waals surface area contributed by atoms with Gasteiger partial charge >= 0.3 is 0 Å². The van der Waals surface area contributed by atoms with Crippen molar-refractivity contribution in [1.82, 2.24) is 4.90 Å². The van der Waals surface area contributed by atoms with Crippen molar-refractivity contribution >= 4 is 11.1 Å². The number of piperidine rings is 1. The van der Waals surface area contributed by atoms with Crippen LogP contribution in [-0.2, 0) is 11.1 Å². The van der Waals surface area contributed by atoms with E-state index in [9.17, 15) is 8.76 Å². The van der Waals surface area contributed by atoms with Crippen molar-refractivity contribution in [1.29, 1.82) is 0 Å². The van der Waals surface area contributed by atoms with E-state index in [4.69, 9.17) is 0 Å². The Kier molecular flexibility index (Phi) is 5.06. The molecule has 1 saturated heterocycles. The van der Waals surface area contributed by atoms with E-state index in [1.807, 2.05) is 0 Å². The topological polar surface area (TPSA) is 43.4 Å². The highest BCUT2D eigenvalue weighted by Gasteiger charge is 2.19. The van der Waals surface area contributed by atoms with Crippen molar-refractivity contribution in [3.05, 3.63) is 0 Å². The van der Waals surface area contributed by atoms with Gasteiger partial charge in [0, 0.05) is 11.8 Å². The van der Waals surface area contributed by atoms with Gasteiger partial charge in [0.05, 0.1) is 0 Å². The molecule has 0 aromatic heterocycles. The quantitative estimate of drug-likeness (QED) is 0.669. The first kappa shape index (κ1) is 12.1. The molecule has 0 bridgehead atoms. The number of hydrogen-bond donors (Lipinski definition) is 0. The molecule has 4 heteroatoms. The minimum Gasteiger partial charge on any atom is -0.772 e. The Labute approximate surface area is 89.2 Å². The molecule has 0 aromatic carbocycles. The third-order valence-electron chi connectivity index (χ3n) is 3.13. The molecular formula is C10H20NO2S-. The van der Waals surface area contributed by atoms with Gasteiger partial charge in [0.2, 0.25) is 0 Å². The van der Waals surface area contributed by atoms with E-state index in [1.54, 1.807) is 6.92 Å². The minimum absolute atomic E-state index is 0.229. The molecule has 1 aliphatic rings. The Morgan fingerprint density at radius 1 is 1.50 bits per heavy atom. The van der Waals surface area contributed by atoms with Gasteiger partial charge in [-0.05, 0) is 31.8 Å². The largest absolute Gasteiger partial charge is 0.772 e. The number of likely N-dealkylation sites (tertiary alicyclic amines) is 1. The molecule has 3 nitrogen and oxygen atoms in total. The van der Waals surface area contributed by atoms with Gasteiger partial charge in [-0.2, -0.15) is 0 Å². The molecule has 0 spiro atoms. The van der Waals surface area contributed by atoms with Gasteiger partial charge in [0.1, 0.15) is 0 Å². The SMILES string of the molecule is CCC1CCN(CC(C)S(=O)[O-])CC1. The molecule has 0 N–H and O–H groups in total. The van der Waals surface area contributed by atoms with Crippen LogP contribution in [0.3, 0.4) is 0 Å². The summed E-state index contributed by atoms with van der Waals surface area (Å²) in [5.41, 5.74) is 0. The molecule has 0 radical (unpaired) electrons. The van der Waals surface area contributed by atoms with Gasteiger partial charge < -0.3 is 9.45 Å². The summed E-state index contributed by atoms with van der Waals surface area (Å²) >= 11 is -1.91. The zero-order valence-electron chi connectivity index (χ0n) is 9.07. The van der Waals surface area contributed by atoms with Crippen LogP contribution in [0.15, 0.2) is 0 Å². The van der Waals surface area contributed by atoms with Crippen LogP contribution in [0.1, 0.15) is 33.1 Å². The van der Waals surface area contributed by atoms with Crippen LogP contribution < -0.4 is 0 Å². The average Bonchev–Trinajstić information content (AvgIpc) is 2.19. The van der Waals surface area contributed by atoms with E-state index in [0.29, 0.717) is 6.54 Å². The minimum atomic E-state index is -1.91. The summed E-state index contributed by atoms with van der Waals surface area (Å²) in [4.78, 5) is 2.27. The summed E-state index contributed by atoms with van der Waals surface area (Å²) in [5, 5.41) is -0.229. The number of hydrogen-bond acceptors (Lipinski definition) is 3. The predicted molar refractivity (Wildman–Crippen MR) is 57.8 cm³/mol. The molecular weight excluding hydrogens is 198 g/mol. The lowest BCUT2D eigenvalue weighted by molar-refractivity contribution is 0.182. The van der Waals surface area contributed by atoms with Crippen LogP contribution in [0.25, 0.3) is 0 Å². The summed E-state index contributed by atoms with van der Waals surface area (Å²) in [6.07, 6.45) is 3.72. The van der Waals surface area contributed by atoms with E-state index >= 15 is 0 Å². The average molecular weight is 218 g/mol. The number of rotatable bonds is 4. The van der Waals surface area contributed by atoms with E-state index in [0.717, 1.165) is 19.0 Å². The molecule has 2 atom stereocenters. The standard InChI is InChI=1S/C10H21NO2S/c1-3-10-4-6-11(7-5-10)8-9(2)14(12)13/h9-10H,3-8H2,1-2H3,(H,12,13)/p-1. The summed E-state index contributed by atoms with van der Waals surface area (Å²) < 4.78 is 21.3. The van der Waals surface area contributed by atoms with E-state index in [1.165, 1.54) is 19.3 Å². The third-order valence-corrected chi connectivity index (χ3v) is 3.93. The molecule has 1 heterocycles. The summed E-state index contributed by atoms with van der Waals surface area (Å²) in [5.74, 6) is 0.860. The highest BCUT2D eigenvalue weighted by molar-refractivity contribution is 7.79. The third kappa shape index (κ3) is 3.67. The lowest BCUT2D eigenvalue weighted by Crippen LogP contribution is -2.39. The number of nitrogens with zero attached hydrogens (tertiary/aromatic N) is 1. The fraction of sp³-hybridized carbons (Fsp3) is 1.00. The molecule has 14 heavy (non-hydrogen) atoms. The van der Waals surface area contributed by atoms with Crippen molar-refractivity contribution in [3.8, 4) is 0 Å². The Balaban J connectivity index is 2.25. The van der Waals surface area contributed by atoms with Crippen molar-refractivity contribution in [2.75, 3.05) is 19.6 Å².